The Morgan fingerprint density at radius 2 is 2.04 bits per heavy atom. The second-order valence-corrected chi connectivity index (χ2v) is 7.68. The minimum atomic E-state index is 0.544. The van der Waals surface area contributed by atoms with E-state index >= 15 is 0 Å². The van der Waals surface area contributed by atoms with E-state index in [1.165, 1.54) is 10.4 Å². The first-order valence-corrected chi connectivity index (χ1v) is 10.1. The molecule has 0 bridgehead atoms. The molecule has 1 atom stereocenters. The summed E-state index contributed by atoms with van der Waals surface area (Å²) in [4.78, 5) is 10.2. The molecule has 0 saturated carbocycles. The fourth-order valence-corrected chi connectivity index (χ4v) is 3.80. The summed E-state index contributed by atoms with van der Waals surface area (Å²) in [6, 6.07) is 14.7. The zero-order valence-electron chi connectivity index (χ0n) is 15.9. The van der Waals surface area contributed by atoms with E-state index in [4.69, 9.17) is 0 Å². The van der Waals surface area contributed by atoms with Gasteiger partial charge < -0.3 is 15.2 Å². The van der Waals surface area contributed by atoms with Gasteiger partial charge in [0.05, 0.1) is 6.54 Å². The molecule has 1 aromatic carbocycles. The summed E-state index contributed by atoms with van der Waals surface area (Å²) in [5.41, 5.74) is 1.27. The van der Waals surface area contributed by atoms with Gasteiger partial charge in [-0.15, -0.1) is 11.3 Å². The van der Waals surface area contributed by atoms with Crippen molar-refractivity contribution in [2.45, 2.75) is 26.4 Å². The van der Waals surface area contributed by atoms with Gasteiger partial charge >= 0.3 is 0 Å². The third kappa shape index (κ3) is 5.96. The lowest BCUT2D eigenvalue weighted by molar-refractivity contribution is 0.560. The Bertz CT molecular complexity index is 823. The van der Waals surface area contributed by atoms with E-state index in [9.17, 15) is 0 Å². The van der Waals surface area contributed by atoms with Crippen molar-refractivity contribution in [3.05, 3.63) is 76.5 Å². The SMILES string of the molecule is CN=C(NCc1nccn1Cc1ccccc1)NCC(C)Cc1cccs1. The molecule has 0 amide bonds. The first-order chi connectivity index (χ1) is 13.2. The van der Waals surface area contributed by atoms with Gasteiger partial charge in [-0.25, -0.2) is 4.98 Å². The second kappa shape index (κ2) is 9.92. The number of imidazole rings is 1. The molecule has 0 saturated heterocycles. The maximum Gasteiger partial charge on any atom is 0.191 e. The van der Waals surface area contributed by atoms with E-state index in [-0.39, 0.29) is 0 Å². The number of nitrogens with one attached hydrogen (secondary N) is 2. The summed E-state index contributed by atoms with van der Waals surface area (Å²) in [5, 5.41) is 8.92. The molecule has 5 nitrogen and oxygen atoms in total. The van der Waals surface area contributed by atoms with Gasteiger partial charge in [0.15, 0.2) is 5.96 Å². The fourth-order valence-electron chi connectivity index (χ4n) is 2.93. The molecule has 0 radical (unpaired) electrons. The van der Waals surface area contributed by atoms with Gasteiger partial charge in [-0.3, -0.25) is 4.99 Å². The molecule has 2 heterocycles. The van der Waals surface area contributed by atoms with Crippen LogP contribution in [-0.2, 0) is 19.5 Å². The molecule has 0 aliphatic rings. The van der Waals surface area contributed by atoms with Gasteiger partial charge in [0.1, 0.15) is 5.82 Å². The van der Waals surface area contributed by atoms with E-state index in [0.717, 1.165) is 31.3 Å². The topological polar surface area (TPSA) is 54.2 Å². The minimum absolute atomic E-state index is 0.544. The molecule has 2 aromatic heterocycles. The predicted octanol–water partition coefficient (Wildman–Crippen LogP) is 3.54. The summed E-state index contributed by atoms with van der Waals surface area (Å²) in [6.45, 7) is 4.60. The molecule has 142 valence electrons. The van der Waals surface area contributed by atoms with Crippen molar-refractivity contribution in [2.75, 3.05) is 13.6 Å². The third-order valence-corrected chi connectivity index (χ3v) is 5.28. The highest BCUT2D eigenvalue weighted by Gasteiger charge is 2.08. The first-order valence-electron chi connectivity index (χ1n) is 9.25. The van der Waals surface area contributed by atoms with E-state index in [0.29, 0.717) is 12.5 Å². The fraction of sp³-hybridized carbons (Fsp3) is 0.333. The summed E-state index contributed by atoms with van der Waals surface area (Å²) < 4.78 is 2.16. The number of benzene rings is 1. The monoisotopic (exact) mass is 381 g/mol. The van der Waals surface area contributed by atoms with Crippen LogP contribution in [0.25, 0.3) is 0 Å². The Labute approximate surface area is 165 Å². The van der Waals surface area contributed by atoms with Crippen LogP contribution >= 0.6 is 11.3 Å². The lowest BCUT2D eigenvalue weighted by atomic mass is 10.1. The number of guanidine groups is 1. The Morgan fingerprint density at radius 3 is 2.78 bits per heavy atom. The minimum Gasteiger partial charge on any atom is -0.356 e. The van der Waals surface area contributed by atoms with Crippen molar-refractivity contribution in [3.8, 4) is 0 Å². The number of thiophene rings is 1. The average molecular weight is 382 g/mol. The van der Waals surface area contributed by atoms with Crippen molar-refractivity contribution >= 4 is 17.3 Å². The van der Waals surface area contributed by atoms with Crippen LogP contribution in [0.4, 0.5) is 0 Å². The van der Waals surface area contributed by atoms with Crippen LogP contribution in [-0.4, -0.2) is 29.1 Å². The van der Waals surface area contributed by atoms with Crippen LogP contribution in [0.2, 0.25) is 0 Å². The van der Waals surface area contributed by atoms with Gasteiger partial charge in [-0.1, -0.05) is 43.3 Å². The second-order valence-electron chi connectivity index (χ2n) is 6.65. The van der Waals surface area contributed by atoms with Crippen molar-refractivity contribution in [2.24, 2.45) is 10.9 Å². The molecule has 3 aromatic rings. The number of hydrogen-bond acceptors (Lipinski definition) is 3. The smallest absolute Gasteiger partial charge is 0.191 e. The van der Waals surface area contributed by atoms with E-state index in [2.05, 4.69) is 73.9 Å². The molecule has 0 fully saturated rings. The van der Waals surface area contributed by atoms with Crippen LogP contribution in [0.3, 0.4) is 0 Å². The standard InChI is InChI=1S/C21H27N5S/c1-17(13-19-9-6-12-27-19)14-24-21(22-2)25-15-20-23-10-11-26(20)16-18-7-4-3-5-8-18/h3-12,17H,13-16H2,1-2H3,(H2,22,24,25). The average Bonchev–Trinajstić information content (AvgIpc) is 3.35. The highest BCUT2D eigenvalue weighted by Crippen LogP contribution is 2.13. The summed E-state index contributed by atoms with van der Waals surface area (Å²) in [7, 11) is 1.80. The Balaban J connectivity index is 1.48. The van der Waals surface area contributed by atoms with Gasteiger partial charge in [0, 0.05) is 37.4 Å². The van der Waals surface area contributed by atoms with Gasteiger partial charge in [-0.2, -0.15) is 0 Å². The van der Waals surface area contributed by atoms with Crippen LogP contribution in [0.5, 0.6) is 0 Å². The number of aromatic nitrogens is 2. The van der Waals surface area contributed by atoms with Gasteiger partial charge in [-0.05, 0) is 29.3 Å². The quantitative estimate of drug-likeness (QED) is 0.464. The molecular formula is C21H27N5S. The maximum absolute atomic E-state index is 4.48. The van der Waals surface area contributed by atoms with E-state index in [1.54, 1.807) is 7.05 Å². The van der Waals surface area contributed by atoms with Crippen molar-refractivity contribution in [1.29, 1.82) is 0 Å². The van der Waals surface area contributed by atoms with Crippen molar-refractivity contribution in [1.82, 2.24) is 20.2 Å². The Kier molecular flexibility index (Phi) is 7.04. The van der Waals surface area contributed by atoms with Crippen molar-refractivity contribution in [3.63, 3.8) is 0 Å². The molecule has 0 aliphatic carbocycles. The van der Waals surface area contributed by atoms with Gasteiger partial charge in [0.2, 0.25) is 0 Å². The zero-order chi connectivity index (χ0) is 18.9. The van der Waals surface area contributed by atoms with Crippen LogP contribution in [0.1, 0.15) is 23.2 Å². The Morgan fingerprint density at radius 1 is 1.19 bits per heavy atom. The molecule has 0 aliphatic heterocycles. The summed E-state index contributed by atoms with van der Waals surface area (Å²) in [6.07, 6.45) is 4.95. The van der Waals surface area contributed by atoms with Crippen molar-refractivity contribution < 1.29 is 0 Å². The molecule has 6 heteroatoms. The highest BCUT2D eigenvalue weighted by molar-refractivity contribution is 7.09. The highest BCUT2D eigenvalue weighted by atomic mass is 32.1. The van der Waals surface area contributed by atoms with Gasteiger partial charge in [0.25, 0.3) is 0 Å². The lowest BCUT2D eigenvalue weighted by Gasteiger charge is -2.16. The number of nitrogens with zero attached hydrogens (tertiary/aromatic N) is 3. The van der Waals surface area contributed by atoms with Crippen LogP contribution < -0.4 is 10.6 Å². The molecule has 27 heavy (non-hydrogen) atoms. The Hall–Kier alpha value is -2.60. The van der Waals surface area contributed by atoms with Crippen LogP contribution in [0, 0.1) is 5.92 Å². The molecule has 3 rings (SSSR count). The van der Waals surface area contributed by atoms with E-state index in [1.807, 2.05) is 29.8 Å². The molecule has 0 spiro atoms. The third-order valence-electron chi connectivity index (χ3n) is 4.38. The van der Waals surface area contributed by atoms with E-state index < -0.39 is 0 Å². The zero-order valence-corrected chi connectivity index (χ0v) is 16.7. The number of rotatable bonds is 8. The molecule has 1 unspecified atom stereocenters. The summed E-state index contributed by atoms with van der Waals surface area (Å²) >= 11 is 1.82. The first kappa shape index (κ1) is 19.2. The number of aliphatic imine (C=N–C) groups is 1. The lowest BCUT2D eigenvalue weighted by Crippen LogP contribution is -2.39. The predicted molar refractivity (Wildman–Crippen MR) is 113 cm³/mol. The number of hydrogen-bond donors (Lipinski definition) is 2. The largest absolute Gasteiger partial charge is 0.356 e. The molecular weight excluding hydrogens is 354 g/mol. The molecule has 2 N–H and O–H groups in total. The summed E-state index contributed by atoms with van der Waals surface area (Å²) in [5.74, 6) is 2.35. The maximum atomic E-state index is 4.48. The van der Waals surface area contributed by atoms with Crippen LogP contribution in [0.15, 0.2) is 65.2 Å². The normalized spacial score (nSPS) is 12.7.